The van der Waals surface area contributed by atoms with Crippen molar-refractivity contribution in [2.45, 2.75) is 45.8 Å². The number of aliphatic hydroxyl groups excluding tert-OH is 1. The highest BCUT2D eigenvalue weighted by atomic mass is 16.4. The smallest absolute Gasteiger partial charge is 0.339 e. The summed E-state index contributed by atoms with van der Waals surface area (Å²) in [5, 5.41) is 23.4. The summed E-state index contributed by atoms with van der Waals surface area (Å²) in [5.74, 6) is 0.282. The second-order valence-electron chi connectivity index (χ2n) is 7.94. The number of carboxylic acids is 1. The maximum atomic E-state index is 11.7. The van der Waals surface area contributed by atoms with Crippen molar-refractivity contribution in [3.8, 4) is 0 Å². The fourth-order valence-corrected chi connectivity index (χ4v) is 3.64. The van der Waals surface area contributed by atoms with Crippen LogP contribution in [0.2, 0.25) is 0 Å². The Morgan fingerprint density at radius 2 is 2.07 bits per heavy atom. The molecule has 2 aromatic heterocycles. The molecule has 0 bridgehead atoms. The molecule has 0 atom stereocenters. The van der Waals surface area contributed by atoms with Gasteiger partial charge in [0.05, 0.1) is 6.61 Å². The third-order valence-electron chi connectivity index (χ3n) is 5.15. The average Bonchev–Trinajstić information content (AvgIpc) is 3.45. The van der Waals surface area contributed by atoms with Gasteiger partial charge in [-0.15, -0.1) is 0 Å². The van der Waals surface area contributed by atoms with E-state index >= 15 is 0 Å². The number of fused-ring (bicyclic) bond motifs is 1. The minimum absolute atomic E-state index is 0.0164. The van der Waals surface area contributed by atoms with Gasteiger partial charge in [-0.05, 0) is 60.6 Å². The van der Waals surface area contributed by atoms with Gasteiger partial charge in [0.2, 0.25) is 0 Å². The maximum absolute atomic E-state index is 11.7. The lowest BCUT2D eigenvalue weighted by molar-refractivity contribution is 0.0697. The number of hydrogen-bond donors (Lipinski definition) is 3. The lowest BCUT2D eigenvalue weighted by Gasteiger charge is -2.13. The molecule has 3 N–H and O–H groups in total. The first kappa shape index (κ1) is 18.5. The molecule has 1 aliphatic carbocycles. The molecule has 1 aliphatic rings. The number of carboxylic acid groups (broad SMARTS) is 1. The van der Waals surface area contributed by atoms with E-state index in [2.05, 4.69) is 28.7 Å². The van der Waals surface area contributed by atoms with Crippen LogP contribution in [0, 0.1) is 5.92 Å². The zero-order valence-electron chi connectivity index (χ0n) is 16.1. The van der Waals surface area contributed by atoms with Gasteiger partial charge in [-0.25, -0.2) is 9.78 Å². The Morgan fingerprint density at radius 1 is 1.29 bits per heavy atom. The Morgan fingerprint density at radius 3 is 2.71 bits per heavy atom. The number of pyridine rings is 1. The summed E-state index contributed by atoms with van der Waals surface area (Å²) in [5.41, 5.74) is 3.89. The molecule has 0 aliphatic heterocycles. The molecule has 6 nitrogen and oxygen atoms in total. The number of nitrogens with one attached hydrogen (secondary N) is 1. The molecule has 1 fully saturated rings. The normalized spacial score (nSPS) is 14.0. The molecule has 4 rings (SSSR count). The van der Waals surface area contributed by atoms with E-state index < -0.39 is 5.97 Å². The molecule has 1 aromatic carbocycles. The van der Waals surface area contributed by atoms with Crippen LogP contribution in [0.25, 0.3) is 10.9 Å². The first-order chi connectivity index (χ1) is 13.5. The van der Waals surface area contributed by atoms with E-state index in [-0.39, 0.29) is 12.2 Å². The summed E-state index contributed by atoms with van der Waals surface area (Å²) < 4.78 is 2.13. The topological polar surface area (TPSA) is 87.4 Å². The highest BCUT2D eigenvalue weighted by Crippen LogP contribution is 2.40. The van der Waals surface area contributed by atoms with Crippen molar-refractivity contribution in [1.29, 1.82) is 0 Å². The predicted octanol–water partition coefficient (Wildman–Crippen LogP) is 4.50. The van der Waals surface area contributed by atoms with Crippen molar-refractivity contribution in [2.24, 2.45) is 5.92 Å². The van der Waals surface area contributed by atoms with Gasteiger partial charge in [0.25, 0.3) is 0 Å². The molecule has 0 amide bonds. The highest BCUT2D eigenvalue weighted by molar-refractivity contribution is 5.95. The second kappa shape index (κ2) is 7.28. The summed E-state index contributed by atoms with van der Waals surface area (Å²) in [6.45, 7) is 5.11. The van der Waals surface area contributed by atoms with E-state index in [9.17, 15) is 15.0 Å². The zero-order chi connectivity index (χ0) is 19.8. The first-order valence-electron chi connectivity index (χ1n) is 9.69. The minimum atomic E-state index is -0.982. The average molecular weight is 379 g/mol. The monoisotopic (exact) mass is 379 g/mol. The first-order valence-corrected chi connectivity index (χ1v) is 9.69. The second-order valence-corrected chi connectivity index (χ2v) is 7.94. The third kappa shape index (κ3) is 3.60. The largest absolute Gasteiger partial charge is 0.478 e. The van der Waals surface area contributed by atoms with Gasteiger partial charge in [0.15, 0.2) is 0 Å². The third-order valence-corrected chi connectivity index (χ3v) is 5.15. The van der Waals surface area contributed by atoms with E-state index in [4.69, 9.17) is 0 Å². The van der Waals surface area contributed by atoms with Gasteiger partial charge in [-0.3, -0.25) is 0 Å². The van der Waals surface area contributed by atoms with Crippen molar-refractivity contribution in [1.82, 2.24) is 9.55 Å². The van der Waals surface area contributed by atoms with Gasteiger partial charge in [0, 0.05) is 35.0 Å². The number of rotatable bonds is 7. The molecule has 0 radical (unpaired) electrons. The van der Waals surface area contributed by atoms with E-state index in [0.717, 1.165) is 47.2 Å². The maximum Gasteiger partial charge on any atom is 0.339 e. The molecule has 0 spiro atoms. The Bertz CT molecular complexity index is 1030. The number of aliphatic hydroxyl groups is 1. The van der Waals surface area contributed by atoms with Gasteiger partial charge < -0.3 is 20.1 Å². The van der Waals surface area contributed by atoms with Crippen LogP contribution in [0.3, 0.4) is 0 Å². The molecule has 146 valence electrons. The number of hydrogen-bond acceptors (Lipinski definition) is 4. The van der Waals surface area contributed by atoms with Crippen molar-refractivity contribution in [3.05, 3.63) is 53.3 Å². The van der Waals surface area contributed by atoms with Crippen LogP contribution in [0.1, 0.15) is 54.2 Å². The summed E-state index contributed by atoms with van der Waals surface area (Å²) in [6.07, 6.45) is 3.98. The van der Waals surface area contributed by atoms with Crippen LogP contribution in [0.4, 0.5) is 11.5 Å². The molecule has 3 aromatic rings. The Labute approximate surface area is 163 Å². The van der Waals surface area contributed by atoms with E-state index in [1.54, 1.807) is 12.3 Å². The van der Waals surface area contributed by atoms with E-state index in [1.807, 2.05) is 24.3 Å². The molecule has 0 unspecified atom stereocenters. The number of nitrogens with zero attached hydrogens (tertiary/aromatic N) is 2. The summed E-state index contributed by atoms with van der Waals surface area (Å²) in [6, 6.07) is 9.59. The number of aromatic nitrogens is 2. The molecule has 2 heterocycles. The summed E-state index contributed by atoms with van der Waals surface area (Å²) in [7, 11) is 0. The molecular formula is C22H25N3O3. The fourth-order valence-electron chi connectivity index (χ4n) is 3.64. The predicted molar refractivity (Wildman–Crippen MR) is 109 cm³/mol. The molecule has 6 heteroatoms. The lowest BCUT2D eigenvalue weighted by atomic mass is 10.1. The zero-order valence-corrected chi connectivity index (χ0v) is 16.1. The van der Waals surface area contributed by atoms with Crippen molar-refractivity contribution in [2.75, 3.05) is 5.32 Å². The van der Waals surface area contributed by atoms with Crippen molar-refractivity contribution in [3.63, 3.8) is 0 Å². The number of aromatic carboxylic acids is 1. The number of benzene rings is 1. The van der Waals surface area contributed by atoms with Gasteiger partial charge in [0.1, 0.15) is 11.4 Å². The highest BCUT2D eigenvalue weighted by Gasteiger charge is 2.26. The van der Waals surface area contributed by atoms with Gasteiger partial charge in [-0.1, -0.05) is 13.8 Å². The van der Waals surface area contributed by atoms with Crippen molar-refractivity contribution >= 4 is 28.4 Å². The van der Waals surface area contributed by atoms with E-state index in [1.165, 1.54) is 0 Å². The summed E-state index contributed by atoms with van der Waals surface area (Å²) in [4.78, 5) is 16.1. The number of anilines is 2. The Hall–Kier alpha value is -2.86. The Kier molecular flexibility index (Phi) is 4.81. The van der Waals surface area contributed by atoms with Crippen LogP contribution in [0.15, 0.2) is 36.5 Å². The SMILES string of the molecule is CC(C)Cn1c(CO)cc2cc(Nc3ncc(C4CC4)cc3C(=O)O)ccc21. The lowest BCUT2D eigenvalue weighted by Crippen LogP contribution is -2.08. The van der Waals surface area contributed by atoms with Crippen LogP contribution in [-0.2, 0) is 13.2 Å². The fraction of sp³-hybridized carbons (Fsp3) is 0.364. The van der Waals surface area contributed by atoms with Gasteiger partial charge >= 0.3 is 5.97 Å². The number of carbonyl (C=O) groups is 1. The van der Waals surface area contributed by atoms with Crippen molar-refractivity contribution < 1.29 is 15.0 Å². The molecule has 28 heavy (non-hydrogen) atoms. The van der Waals surface area contributed by atoms with Crippen LogP contribution >= 0.6 is 0 Å². The molecular weight excluding hydrogens is 354 g/mol. The Balaban J connectivity index is 1.67. The molecule has 1 saturated carbocycles. The quantitative estimate of drug-likeness (QED) is 0.562. The minimum Gasteiger partial charge on any atom is -0.478 e. The van der Waals surface area contributed by atoms with E-state index in [0.29, 0.717) is 17.7 Å². The van der Waals surface area contributed by atoms with Crippen LogP contribution in [0.5, 0.6) is 0 Å². The summed E-state index contributed by atoms with van der Waals surface area (Å²) >= 11 is 0. The van der Waals surface area contributed by atoms with Crippen LogP contribution in [-0.4, -0.2) is 25.7 Å². The van der Waals surface area contributed by atoms with Crippen LogP contribution < -0.4 is 5.32 Å². The molecule has 0 saturated heterocycles. The standard InChI is InChI=1S/C22H25N3O3/c1-13(2)11-25-18(12-26)8-15-7-17(5-6-20(15)25)24-21-19(22(27)28)9-16(10-23-21)14-3-4-14/h5-10,13-14,26H,3-4,11-12H2,1-2H3,(H,23,24)(H,27,28). The van der Waals surface area contributed by atoms with Gasteiger partial charge in [-0.2, -0.15) is 0 Å².